The molecule has 92 valence electrons. The van der Waals surface area contributed by atoms with Gasteiger partial charge in [0.25, 0.3) is 0 Å². The average Bonchev–Trinajstić information content (AvgIpc) is 2.91. The molecule has 0 bridgehead atoms. The lowest BCUT2D eigenvalue weighted by Crippen LogP contribution is -2.09. The number of ether oxygens (including phenoxy) is 1. The highest BCUT2D eigenvalue weighted by atomic mass is 16.5. The molecule has 0 amide bonds. The SMILES string of the molecule is COC(=O)c1ccc([C@@H](O)C2CCCC2)cc1. The van der Waals surface area contributed by atoms with Crippen LogP contribution in [0.4, 0.5) is 0 Å². The lowest BCUT2D eigenvalue weighted by atomic mass is 9.94. The number of aliphatic hydroxyl groups is 1. The number of carbonyl (C=O) groups is 1. The highest BCUT2D eigenvalue weighted by Crippen LogP contribution is 2.35. The third-order valence-corrected chi connectivity index (χ3v) is 3.52. The van der Waals surface area contributed by atoms with Gasteiger partial charge in [-0.25, -0.2) is 4.79 Å². The van der Waals surface area contributed by atoms with Gasteiger partial charge in [0.05, 0.1) is 18.8 Å². The minimum absolute atomic E-state index is 0.341. The van der Waals surface area contributed by atoms with Crippen LogP contribution >= 0.6 is 0 Å². The van der Waals surface area contributed by atoms with Crippen LogP contribution in [0.1, 0.15) is 47.7 Å². The highest BCUT2D eigenvalue weighted by Gasteiger charge is 2.24. The largest absolute Gasteiger partial charge is 0.465 e. The van der Waals surface area contributed by atoms with Crippen molar-refractivity contribution in [2.45, 2.75) is 31.8 Å². The molecule has 0 radical (unpaired) electrons. The average molecular weight is 234 g/mol. The van der Waals surface area contributed by atoms with E-state index in [2.05, 4.69) is 4.74 Å². The molecule has 1 N–H and O–H groups in total. The van der Waals surface area contributed by atoms with Crippen LogP contribution < -0.4 is 0 Å². The fourth-order valence-electron chi connectivity index (χ4n) is 2.48. The zero-order valence-electron chi connectivity index (χ0n) is 10.1. The van der Waals surface area contributed by atoms with Crippen molar-refractivity contribution in [3.63, 3.8) is 0 Å². The van der Waals surface area contributed by atoms with Gasteiger partial charge in [-0.05, 0) is 36.5 Å². The number of benzene rings is 1. The van der Waals surface area contributed by atoms with Crippen LogP contribution in [0.3, 0.4) is 0 Å². The molecule has 0 aliphatic heterocycles. The van der Waals surface area contributed by atoms with Gasteiger partial charge < -0.3 is 9.84 Å². The fraction of sp³-hybridized carbons (Fsp3) is 0.500. The van der Waals surface area contributed by atoms with E-state index in [1.54, 1.807) is 12.1 Å². The Labute approximate surface area is 101 Å². The summed E-state index contributed by atoms with van der Waals surface area (Å²) in [5.41, 5.74) is 1.42. The number of carbonyl (C=O) groups excluding carboxylic acids is 1. The monoisotopic (exact) mass is 234 g/mol. The van der Waals surface area contributed by atoms with E-state index in [1.165, 1.54) is 20.0 Å². The quantitative estimate of drug-likeness (QED) is 0.818. The van der Waals surface area contributed by atoms with Crippen LogP contribution in [0, 0.1) is 5.92 Å². The lowest BCUT2D eigenvalue weighted by Gasteiger charge is -2.18. The minimum Gasteiger partial charge on any atom is -0.465 e. The molecule has 3 nitrogen and oxygen atoms in total. The molecule has 0 unspecified atom stereocenters. The van der Waals surface area contributed by atoms with Gasteiger partial charge >= 0.3 is 5.97 Å². The van der Waals surface area contributed by atoms with E-state index >= 15 is 0 Å². The minimum atomic E-state index is -0.399. The Hall–Kier alpha value is -1.35. The number of rotatable bonds is 3. The van der Waals surface area contributed by atoms with Gasteiger partial charge in [-0.3, -0.25) is 0 Å². The van der Waals surface area contributed by atoms with Crippen LogP contribution in [-0.4, -0.2) is 18.2 Å². The summed E-state index contributed by atoms with van der Waals surface area (Å²) in [6, 6.07) is 7.04. The van der Waals surface area contributed by atoms with Crippen molar-refractivity contribution in [3.8, 4) is 0 Å². The van der Waals surface area contributed by atoms with Gasteiger partial charge in [0.15, 0.2) is 0 Å². The summed E-state index contributed by atoms with van der Waals surface area (Å²) >= 11 is 0. The Bertz CT molecular complexity index is 377. The summed E-state index contributed by atoms with van der Waals surface area (Å²) in [6.45, 7) is 0. The fourth-order valence-corrected chi connectivity index (χ4v) is 2.48. The van der Waals surface area contributed by atoms with Crippen molar-refractivity contribution >= 4 is 5.97 Å². The van der Waals surface area contributed by atoms with Crippen molar-refractivity contribution in [1.82, 2.24) is 0 Å². The summed E-state index contributed by atoms with van der Waals surface area (Å²) in [4.78, 5) is 11.3. The van der Waals surface area contributed by atoms with E-state index < -0.39 is 6.10 Å². The second-order valence-corrected chi connectivity index (χ2v) is 4.60. The number of hydrogen-bond donors (Lipinski definition) is 1. The van der Waals surface area contributed by atoms with Gasteiger partial charge in [-0.1, -0.05) is 25.0 Å². The number of esters is 1. The maximum atomic E-state index is 11.3. The Balaban J connectivity index is 2.09. The molecule has 1 aromatic rings. The molecule has 0 spiro atoms. The van der Waals surface area contributed by atoms with E-state index in [9.17, 15) is 9.90 Å². The molecule has 2 rings (SSSR count). The summed E-state index contributed by atoms with van der Waals surface area (Å²) in [7, 11) is 1.36. The number of hydrogen-bond acceptors (Lipinski definition) is 3. The predicted molar refractivity (Wildman–Crippen MR) is 64.7 cm³/mol. The molecular formula is C14H18O3. The molecule has 1 atom stereocenters. The molecule has 0 saturated heterocycles. The first-order chi connectivity index (χ1) is 8.22. The Morgan fingerprint density at radius 3 is 2.41 bits per heavy atom. The first-order valence-electron chi connectivity index (χ1n) is 6.08. The molecule has 1 aliphatic rings. The van der Waals surface area contributed by atoms with E-state index in [4.69, 9.17) is 0 Å². The summed E-state index contributed by atoms with van der Waals surface area (Å²) in [6.07, 6.45) is 4.22. The molecule has 1 aromatic carbocycles. The molecule has 1 aliphatic carbocycles. The Morgan fingerprint density at radius 2 is 1.88 bits per heavy atom. The van der Waals surface area contributed by atoms with Gasteiger partial charge in [0.1, 0.15) is 0 Å². The Kier molecular flexibility index (Phi) is 3.79. The molecule has 1 fully saturated rings. The van der Waals surface area contributed by atoms with Crippen molar-refractivity contribution in [2.75, 3.05) is 7.11 Å². The van der Waals surface area contributed by atoms with Crippen LogP contribution in [0.5, 0.6) is 0 Å². The molecule has 0 aromatic heterocycles. The first-order valence-corrected chi connectivity index (χ1v) is 6.08. The summed E-state index contributed by atoms with van der Waals surface area (Å²) in [5.74, 6) is 0.0332. The Morgan fingerprint density at radius 1 is 1.29 bits per heavy atom. The summed E-state index contributed by atoms with van der Waals surface area (Å²) < 4.78 is 4.63. The van der Waals surface area contributed by atoms with Gasteiger partial charge in [0.2, 0.25) is 0 Å². The molecule has 3 heteroatoms. The molecule has 0 heterocycles. The standard InChI is InChI=1S/C14H18O3/c1-17-14(16)12-8-6-11(7-9-12)13(15)10-4-2-3-5-10/h6-10,13,15H,2-5H2,1H3/t13-/m0/s1. The molecule has 17 heavy (non-hydrogen) atoms. The van der Waals surface area contributed by atoms with E-state index in [1.807, 2.05) is 12.1 Å². The van der Waals surface area contributed by atoms with E-state index in [0.29, 0.717) is 11.5 Å². The van der Waals surface area contributed by atoms with Crippen molar-refractivity contribution in [2.24, 2.45) is 5.92 Å². The smallest absolute Gasteiger partial charge is 0.337 e. The van der Waals surface area contributed by atoms with Crippen LogP contribution in [0.2, 0.25) is 0 Å². The van der Waals surface area contributed by atoms with Gasteiger partial charge in [-0.15, -0.1) is 0 Å². The first kappa shape index (κ1) is 12.1. The van der Waals surface area contributed by atoms with Crippen LogP contribution in [-0.2, 0) is 4.74 Å². The lowest BCUT2D eigenvalue weighted by molar-refractivity contribution is 0.0600. The highest BCUT2D eigenvalue weighted by molar-refractivity contribution is 5.89. The van der Waals surface area contributed by atoms with Crippen LogP contribution in [0.15, 0.2) is 24.3 Å². The zero-order valence-corrected chi connectivity index (χ0v) is 10.1. The maximum absolute atomic E-state index is 11.3. The van der Waals surface area contributed by atoms with Gasteiger partial charge in [-0.2, -0.15) is 0 Å². The van der Waals surface area contributed by atoms with Crippen molar-refractivity contribution in [3.05, 3.63) is 35.4 Å². The number of methoxy groups -OCH3 is 1. The second-order valence-electron chi connectivity index (χ2n) is 4.60. The van der Waals surface area contributed by atoms with E-state index in [0.717, 1.165) is 18.4 Å². The number of aliphatic hydroxyl groups excluding tert-OH is 1. The van der Waals surface area contributed by atoms with Crippen molar-refractivity contribution in [1.29, 1.82) is 0 Å². The van der Waals surface area contributed by atoms with Gasteiger partial charge in [0, 0.05) is 0 Å². The third kappa shape index (κ3) is 2.67. The van der Waals surface area contributed by atoms with Crippen LogP contribution in [0.25, 0.3) is 0 Å². The van der Waals surface area contributed by atoms with Crippen molar-refractivity contribution < 1.29 is 14.6 Å². The maximum Gasteiger partial charge on any atom is 0.337 e. The third-order valence-electron chi connectivity index (χ3n) is 3.52. The topological polar surface area (TPSA) is 46.5 Å². The normalized spacial score (nSPS) is 18.0. The molecule has 1 saturated carbocycles. The second kappa shape index (κ2) is 5.32. The summed E-state index contributed by atoms with van der Waals surface area (Å²) in [5, 5.41) is 10.2. The zero-order chi connectivity index (χ0) is 12.3. The van der Waals surface area contributed by atoms with E-state index in [-0.39, 0.29) is 5.97 Å². The molecular weight excluding hydrogens is 216 g/mol. The predicted octanol–water partition coefficient (Wildman–Crippen LogP) is 2.70.